The second kappa shape index (κ2) is 7.28. The van der Waals surface area contributed by atoms with Crippen molar-refractivity contribution in [3.05, 3.63) is 23.3 Å². The molecule has 118 valence electrons. The highest BCUT2D eigenvalue weighted by Gasteiger charge is 2.20. The van der Waals surface area contributed by atoms with Gasteiger partial charge in [-0.2, -0.15) is 0 Å². The fourth-order valence-corrected chi connectivity index (χ4v) is 3.35. The first kappa shape index (κ1) is 17.3. The number of benzene rings is 1. The van der Waals surface area contributed by atoms with Crippen molar-refractivity contribution in [2.24, 2.45) is 5.73 Å². The topological polar surface area (TPSA) is 125 Å². The Balaban J connectivity index is 3.01. The lowest BCUT2D eigenvalue weighted by Crippen LogP contribution is -2.30. The van der Waals surface area contributed by atoms with Gasteiger partial charge in [0.15, 0.2) is 0 Å². The average Bonchev–Trinajstić information content (AvgIpc) is 2.42. The highest BCUT2D eigenvalue weighted by Crippen LogP contribution is 2.25. The summed E-state index contributed by atoms with van der Waals surface area (Å²) in [5.74, 6) is 0. The fraction of sp³-hybridized carbons (Fsp3) is 0.462. The lowest BCUT2D eigenvalue weighted by molar-refractivity contribution is 0.159. The molecule has 0 fully saturated rings. The van der Waals surface area contributed by atoms with Crippen molar-refractivity contribution in [2.45, 2.75) is 31.6 Å². The van der Waals surface area contributed by atoms with E-state index in [1.807, 2.05) is 13.8 Å². The number of sulfonamides is 1. The lowest BCUT2D eigenvalue weighted by atomic mass is 10.1. The Kier molecular flexibility index (Phi) is 5.98. The molecule has 0 radical (unpaired) electrons. The number of hydrogen-bond donors (Lipinski definition) is 3. The van der Waals surface area contributed by atoms with E-state index in [-0.39, 0.29) is 18.0 Å². The molecule has 0 atom stereocenters. The molecule has 0 saturated heterocycles. The molecule has 0 spiro atoms. The number of nitrogen functional groups attached to an aromatic ring is 1. The van der Waals surface area contributed by atoms with E-state index in [0.717, 1.165) is 5.56 Å². The van der Waals surface area contributed by atoms with E-state index in [1.165, 1.54) is 0 Å². The van der Waals surface area contributed by atoms with Crippen LogP contribution in [-0.4, -0.2) is 27.7 Å². The van der Waals surface area contributed by atoms with Crippen LogP contribution in [0.1, 0.15) is 25.0 Å². The third kappa shape index (κ3) is 4.61. The third-order valence-electron chi connectivity index (χ3n) is 2.99. The number of nitrogens with one attached hydrogen (secondary N) is 1. The number of aryl methyl sites for hydroxylation is 1. The highest BCUT2D eigenvalue weighted by atomic mass is 32.2. The molecule has 1 rings (SSSR count). The average molecular weight is 315 g/mol. The van der Waals surface area contributed by atoms with Crippen LogP contribution >= 0.6 is 0 Å². The van der Waals surface area contributed by atoms with Crippen molar-refractivity contribution < 1.29 is 17.9 Å². The van der Waals surface area contributed by atoms with Crippen LogP contribution in [0.25, 0.3) is 0 Å². The Labute approximate surface area is 124 Å². The summed E-state index contributed by atoms with van der Waals surface area (Å²) in [6.45, 7) is 3.58. The van der Waals surface area contributed by atoms with Gasteiger partial charge in [-0.05, 0) is 36.1 Å². The molecule has 0 aliphatic rings. The number of carbonyl (C=O) groups excluding carboxylic acids is 1. The first-order valence-electron chi connectivity index (χ1n) is 6.65. The molecular formula is C13H21N3O4S. The standard InChI is InChI=1S/C13H21N3O4S/c1-3-9-7-11(14)10(4-2)12(8-9)21(18,19)16-5-6-20-13(15)17/h7-8,16H,3-6,14H2,1-2H3,(H2,15,17). The van der Waals surface area contributed by atoms with E-state index in [4.69, 9.17) is 11.5 Å². The summed E-state index contributed by atoms with van der Waals surface area (Å²) in [6.07, 6.45) is 0.242. The second-order valence-electron chi connectivity index (χ2n) is 4.43. The predicted molar refractivity (Wildman–Crippen MR) is 80.3 cm³/mol. The number of hydrogen-bond acceptors (Lipinski definition) is 5. The summed E-state index contributed by atoms with van der Waals surface area (Å²) >= 11 is 0. The maximum atomic E-state index is 12.3. The Morgan fingerprint density at radius 2 is 1.95 bits per heavy atom. The van der Waals surface area contributed by atoms with Crippen molar-refractivity contribution in [2.75, 3.05) is 18.9 Å². The SMILES string of the molecule is CCc1cc(N)c(CC)c(S(=O)(=O)NCCOC(N)=O)c1. The van der Waals surface area contributed by atoms with Crippen LogP contribution in [0.15, 0.2) is 17.0 Å². The Morgan fingerprint density at radius 1 is 1.29 bits per heavy atom. The van der Waals surface area contributed by atoms with Crippen LogP contribution < -0.4 is 16.2 Å². The van der Waals surface area contributed by atoms with Crippen molar-refractivity contribution in [3.8, 4) is 0 Å². The lowest BCUT2D eigenvalue weighted by Gasteiger charge is -2.14. The number of amides is 1. The van der Waals surface area contributed by atoms with Gasteiger partial charge in [0, 0.05) is 12.2 Å². The Bertz CT molecular complexity index is 614. The van der Waals surface area contributed by atoms with Crippen molar-refractivity contribution in [1.82, 2.24) is 4.72 Å². The molecule has 21 heavy (non-hydrogen) atoms. The van der Waals surface area contributed by atoms with Crippen molar-refractivity contribution in [3.63, 3.8) is 0 Å². The number of nitrogens with two attached hydrogens (primary N) is 2. The molecule has 1 aromatic rings. The summed E-state index contributed by atoms with van der Waals surface area (Å²) in [4.78, 5) is 10.6. The summed E-state index contributed by atoms with van der Waals surface area (Å²) in [5, 5.41) is 0. The van der Waals surface area contributed by atoms with Gasteiger partial charge in [-0.25, -0.2) is 17.9 Å². The highest BCUT2D eigenvalue weighted by molar-refractivity contribution is 7.89. The third-order valence-corrected chi connectivity index (χ3v) is 4.52. The largest absolute Gasteiger partial charge is 0.448 e. The summed E-state index contributed by atoms with van der Waals surface area (Å²) < 4.78 is 31.5. The second-order valence-corrected chi connectivity index (χ2v) is 6.17. The minimum absolute atomic E-state index is 0.0509. The van der Waals surface area contributed by atoms with Crippen LogP contribution in [0.2, 0.25) is 0 Å². The van der Waals surface area contributed by atoms with Gasteiger partial charge in [0.2, 0.25) is 10.0 Å². The number of primary amides is 1. The normalized spacial score (nSPS) is 11.3. The molecule has 0 aliphatic heterocycles. The molecule has 1 aromatic carbocycles. The monoisotopic (exact) mass is 315 g/mol. The molecule has 0 heterocycles. The molecular weight excluding hydrogens is 294 g/mol. The first-order chi connectivity index (χ1) is 9.81. The van der Waals surface area contributed by atoms with Gasteiger partial charge in [-0.15, -0.1) is 0 Å². The zero-order valence-corrected chi connectivity index (χ0v) is 13.0. The molecule has 0 saturated carbocycles. The zero-order valence-electron chi connectivity index (χ0n) is 12.2. The Hall–Kier alpha value is -1.80. The molecule has 0 bridgehead atoms. The van der Waals surface area contributed by atoms with Crippen molar-refractivity contribution in [1.29, 1.82) is 0 Å². The maximum Gasteiger partial charge on any atom is 0.404 e. The number of ether oxygens (including phenoxy) is 1. The van der Waals surface area contributed by atoms with E-state index < -0.39 is 16.1 Å². The van der Waals surface area contributed by atoms with E-state index in [2.05, 4.69) is 9.46 Å². The minimum Gasteiger partial charge on any atom is -0.448 e. The maximum absolute atomic E-state index is 12.3. The molecule has 0 aromatic heterocycles. The molecule has 5 N–H and O–H groups in total. The predicted octanol–water partition coefficient (Wildman–Crippen LogP) is 0.767. The van der Waals surface area contributed by atoms with E-state index in [1.54, 1.807) is 12.1 Å². The van der Waals surface area contributed by atoms with Crippen LogP contribution in [0.3, 0.4) is 0 Å². The number of rotatable bonds is 7. The smallest absolute Gasteiger partial charge is 0.404 e. The fourth-order valence-electron chi connectivity index (χ4n) is 1.95. The van der Waals surface area contributed by atoms with Gasteiger partial charge >= 0.3 is 6.09 Å². The molecule has 1 amide bonds. The molecule has 8 heteroatoms. The van der Waals surface area contributed by atoms with Gasteiger partial charge in [0.05, 0.1) is 4.90 Å². The van der Waals surface area contributed by atoms with Gasteiger partial charge in [0.1, 0.15) is 6.61 Å². The van der Waals surface area contributed by atoms with Gasteiger partial charge in [-0.3, -0.25) is 0 Å². The van der Waals surface area contributed by atoms with E-state index >= 15 is 0 Å². The molecule has 0 aliphatic carbocycles. The van der Waals surface area contributed by atoms with Crippen LogP contribution in [0.4, 0.5) is 10.5 Å². The zero-order chi connectivity index (χ0) is 16.0. The van der Waals surface area contributed by atoms with Crippen molar-refractivity contribution >= 4 is 21.8 Å². The van der Waals surface area contributed by atoms with Gasteiger partial charge in [0.25, 0.3) is 0 Å². The molecule has 0 unspecified atom stereocenters. The van der Waals surface area contributed by atoms with Gasteiger partial charge < -0.3 is 16.2 Å². The van der Waals surface area contributed by atoms with Crippen LogP contribution in [0.5, 0.6) is 0 Å². The Morgan fingerprint density at radius 3 is 2.48 bits per heavy atom. The van der Waals surface area contributed by atoms with Crippen LogP contribution in [-0.2, 0) is 27.6 Å². The quantitative estimate of drug-likeness (QED) is 0.506. The van der Waals surface area contributed by atoms with Crippen LogP contribution in [0, 0.1) is 0 Å². The van der Waals surface area contributed by atoms with E-state index in [9.17, 15) is 13.2 Å². The first-order valence-corrected chi connectivity index (χ1v) is 8.13. The minimum atomic E-state index is -3.72. The van der Waals surface area contributed by atoms with E-state index in [0.29, 0.717) is 24.1 Å². The van der Waals surface area contributed by atoms with Gasteiger partial charge in [-0.1, -0.05) is 13.8 Å². The molecule has 7 nitrogen and oxygen atoms in total. The number of anilines is 1. The number of carbonyl (C=O) groups is 1. The summed E-state index contributed by atoms with van der Waals surface area (Å²) in [7, 11) is -3.72. The summed E-state index contributed by atoms with van der Waals surface area (Å²) in [6, 6.07) is 3.40. The summed E-state index contributed by atoms with van der Waals surface area (Å²) in [5.41, 5.74) is 12.6.